The number of nitrogens with zero attached hydrogens (tertiary/aromatic N) is 4. The van der Waals surface area contributed by atoms with Gasteiger partial charge in [0.2, 0.25) is 9.84 Å². The van der Waals surface area contributed by atoms with Crippen LogP contribution in [-0.2, 0) is 43.0 Å². The zero-order chi connectivity index (χ0) is 31.5. The Labute approximate surface area is 259 Å². The Kier molecular flexibility index (Phi) is 10.4. The molecule has 1 aromatic carbocycles. The number of sulfone groups is 1. The third-order valence-corrected chi connectivity index (χ3v) is 9.91. The van der Waals surface area contributed by atoms with Crippen LogP contribution in [0.5, 0.6) is 0 Å². The Bertz CT molecular complexity index is 1320. The molecule has 2 aromatic rings. The van der Waals surface area contributed by atoms with E-state index >= 15 is 0 Å². The summed E-state index contributed by atoms with van der Waals surface area (Å²) in [5.41, 5.74) is -1.05. The van der Waals surface area contributed by atoms with Crippen LogP contribution in [0.2, 0.25) is 0 Å². The molecule has 0 aliphatic carbocycles. The van der Waals surface area contributed by atoms with Crippen molar-refractivity contribution >= 4 is 9.84 Å². The number of methoxy groups -OCH3 is 1. The summed E-state index contributed by atoms with van der Waals surface area (Å²) in [7, 11) is -2.90. The number of para-hydroxylation sites is 1. The zero-order valence-electron chi connectivity index (χ0n) is 26.5. The van der Waals surface area contributed by atoms with Crippen LogP contribution in [0.1, 0.15) is 79.6 Å². The molecule has 4 heterocycles. The maximum atomic E-state index is 14.4. The minimum Gasteiger partial charge on any atom is -0.359 e. The van der Waals surface area contributed by atoms with Crippen molar-refractivity contribution < 1.29 is 41.6 Å². The summed E-state index contributed by atoms with van der Waals surface area (Å²) in [4.78, 5) is 0. The maximum absolute atomic E-state index is 14.4. The van der Waals surface area contributed by atoms with Crippen LogP contribution in [0.4, 0.5) is 0 Å². The van der Waals surface area contributed by atoms with E-state index in [4.69, 9.17) is 33.2 Å². The Morgan fingerprint density at radius 2 is 1.57 bits per heavy atom. The van der Waals surface area contributed by atoms with E-state index in [0.29, 0.717) is 12.1 Å². The van der Waals surface area contributed by atoms with E-state index in [0.717, 1.165) is 19.3 Å². The molecule has 1 aromatic heterocycles. The number of fused-ring (bicyclic) bond motifs is 1. The average molecular weight is 639 g/mol. The summed E-state index contributed by atoms with van der Waals surface area (Å²) in [5.74, 6) is -1.80. The summed E-state index contributed by atoms with van der Waals surface area (Å²) in [6, 6.07) is 8.79. The smallest absolute Gasteiger partial charge is 0.275 e. The Morgan fingerprint density at radius 1 is 0.886 bits per heavy atom. The van der Waals surface area contributed by atoms with Crippen molar-refractivity contribution in [2.24, 2.45) is 0 Å². The predicted octanol–water partition coefficient (Wildman–Crippen LogP) is 3.94. The van der Waals surface area contributed by atoms with Gasteiger partial charge in [-0.25, -0.2) is 8.42 Å². The van der Waals surface area contributed by atoms with Gasteiger partial charge in [0.15, 0.2) is 17.0 Å². The molecule has 246 valence electrons. The molecule has 0 N–H and O–H groups in total. The number of aromatic nitrogens is 4. The van der Waals surface area contributed by atoms with Crippen LogP contribution in [-0.4, -0.2) is 96.2 Å². The first-order valence-electron chi connectivity index (χ1n) is 15.5. The van der Waals surface area contributed by atoms with Crippen molar-refractivity contribution in [3.63, 3.8) is 0 Å². The van der Waals surface area contributed by atoms with Crippen LogP contribution in [0.25, 0.3) is 5.69 Å². The second-order valence-electron chi connectivity index (χ2n) is 12.6. The van der Waals surface area contributed by atoms with Crippen LogP contribution in [0.3, 0.4) is 0 Å². The minimum atomic E-state index is -4.36. The third kappa shape index (κ3) is 7.33. The van der Waals surface area contributed by atoms with Crippen LogP contribution in [0.15, 0.2) is 35.5 Å². The van der Waals surface area contributed by atoms with Crippen molar-refractivity contribution in [3.05, 3.63) is 30.3 Å². The number of ether oxygens (including phenoxy) is 7. The Balaban J connectivity index is 1.45. The Morgan fingerprint density at radius 3 is 2.30 bits per heavy atom. The molecule has 3 aliphatic rings. The van der Waals surface area contributed by atoms with E-state index in [1.165, 1.54) is 31.1 Å². The highest BCUT2D eigenvalue weighted by Gasteiger charge is 2.60. The SMILES string of the molecule is CCCCCCC[C@H]1OC(C)(C)O[C@@H]1C[C@H]1O[C@@H](S(=O)(=O)c2nnnn2-c2ccccc2)[C@@H](OCOC)[C@@H]2OC(C)(C)O[C@@H]21. The molecular formula is C30H46N4O9S. The van der Waals surface area contributed by atoms with E-state index < -0.39 is 51.3 Å². The first-order valence-corrected chi connectivity index (χ1v) is 17.1. The molecule has 3 fully saturated rings. The first kappa shape index (κ1) is 33.3. The normalized spacial score (nSPS) is 31.3. The predicted molar refractivity (Wildman–Crippen MR) is 157 cm³/mol. The largest absolute Gasteiger partial charge is 0.359 e. The molecule has 0 radical (unpaired) electrons. The molecule has 44 heavy (non-hydrogen) atoms. The lowest BCUT2D eigenvalue weighted by Crippen LogP contribution is -2.60. The fourth-order valence-electron chi connectivity index (χ4n) is 6.32. The number of benzene rings is 1. The summed E-state index contributed by atoms with van der Waals surface area (Å²) in [5, 5.41) is 11.2. The molecule has 5 rings (SSSR count). The summed E-state index contributed by atoms with van der Waals surface area (Å²) in [6.45, 7) is 9.37. The lowest BCUT2D eigenvalue weighted by Gasteiger charge is -2.42. The molecule has 13 nitrogen and oxygen atoms in total. The molecule has 0 saturated carbocycles. The van der Waals surface area contributed by atoms with Crippen molar-refractivity contribution in [1.82, 2.24) is 20.2 Å². The quantitative estimate of drug-likeness (QED) is 0.218. The van der Waals surface area contributed by atoms with Crippen LogP contribution >= 0.6 is 0 Å². The molecule has 0 spiro atoms. The topological polar surface area (TPSA) is 142 Å². The fraction of sp³-hybridized carbons (Fsp3) is 0.767. The number of rotatable bonds is 14. The number of hydrogen-bond acceptors (Lipinski definition) is 12. The summed E-state index contributed by atoms with van der Waals surface area (Å²) in [6.07, 6.45) is 3.07. The molecular weight excluding hydrogens is 592 g/mol. The Hall–Kier alpha value is -2.04. The van der Waals surface area contributed by atoms with Gasteiger partial charge in [-0.15, -0.1) is 0 Å². The van der Waals surface area contributed by atoms with Crippen molar-refractivity contribution in [2.75, 3.05) is 13.9 Å². The molecule has 0 unspecified atom stereocenters. The third-order valence-electron chi connectivity index (χ3n) is 8.15. The van der Waals surface area contributed by atoms with Gasteiger partial charge in [-0.2, -0.15) is 4.68 Å². The highest BCUT2D eigenvalue weighted by Crippen LogP contribution is 2.44. The second kappa shape index (κ2) is 13.8. The van der Waals surface area contributed by atoms with Gasteiger partial charge in [0.1, 0.15) is 25.1 Å². The van der Waals surface area contributed by atoms with Gasteiger partial charge in [0, 0.05) is 13.5 Å². The van der Waals surface area contributed by atoms with Gasteiger partial charge in [0.25, 0.3) is 5.16 Å². The monoisotopic (exact) mass is 638 g/mol. The van der Waals surface area contributed by atoms with Crippen LogP contribution < -0.4 is 0 Å². The molecule has 3 saturated heterocycles. The van der Waals surface area contributed by atoms with Gasteiger partial charge in [-0.3, -0.25) is 0 Å². The average Bonchev–Trinajstić information content (AvgIpc) is 3.67. The van der Waals surface area contributed by atoms with E-state index in [9.17, 15) is 8.42 Å². The standard InChI is InChI=1S/C30H46N4O9S/c1-7-8-9-10-14-17-21-22(41-29(2,3)40-21)18-23-24-25(43-30(4,5)42-24)26(38-19-37-6)27(39-23)44(35,36)28-31-32-33-34(28)20-15-12-11-13-16-20/h11-13,15-16,21-27H,7-10,14,17-19H2,1-6H3/t21-,22-,23-,24-,25-,26+,27+/m1/s1. The molecule has 14 heteroatoms. The van der Waals surface area contributed by atoms with Gasteiger partial charge in [-0.05, 0) is 56.7 Å². The van der Waals surface area contributed by atoms with Crippen molar-refractivity contribution in [1.29, 1.82) is 0 Å². The highest BCUT2D eigenvalue weighted by molar-refractivity contribution is 7.91. The van der Waals surface area contributed by atoms with Gasteiger partial charge in [0.05, 0.1) is 24.0 Å². The summed E-state index contributed by atoms with van der Waals surface area (Å²) < 4.78 is 72.9. The first-order chi connectivity index (χ1) is 21.0. The lowest BCUT2D eigenvalue weighted by molar-refractivity contribution is -0.209. The number of tetrazole rings is 1. The van der Waals surface area contributed by atoms with E-state index in [2.05, 4.69) is 22.4 Å². The maximum Gasteiger partial charge on any atom is 0.275 e. The second-order valence-corrected chi connectivity index (χ2v) is 14.5. The fourth-order valence-corrected chi connectivity index (χ4v) is 7.94. The number of hydrogen-bond donors (Lipinski definition) is 0. The minimum absolute atomic E-state index is 0.174. The lowest BCUT2D eigenvalue weighted by atomic mass is 9.93. The highest BCUT2D eigenvalue weighted by atomic mass is 32.2. The van der Waals surface area contributed by atoms with Crippen molar-refractivity contribution in [3.8, 4) is 5.69 Å². The van der Waals surface area contributed by atoms with E-state index in [-0.39, 0.29) is 24.2 Å². The molecule has 7 atom stereocenters. The van der Waals surface area contributed by atoms with Gasteiger partial charge >= 0.3 is 0 Å². The van der Waals surface area contributed by atoms with Crippen molar-refractivity contribution in [2.45, 2.75) is 138 Å². The number of unbranched alkanes of at least 4 members (excludes halogenated alkanes) is 4. The van der Waals surface area contributed by atoms with Gasteiger partial charge < -0.3 is 33.2 Å². The molecule has 3 aliphatic heterocycles. The van der Waals surface area contributed by atoms with E-state index in [1.807, 2.05) is 19.9 Å². The van der Waals surface area contributed by atoms with E-state index in [1.54, 1.807) is 38.1 Å². The molecule has 0 bridgehead atoms. The molecule has 0 amide bonds. The zero-order valence-corrected chi connectivity index (χ0v) is 27.3. The summed E-state index contributed by atoms with van der Waals surface area (Å²) >= 11 is 0. The van der Waals surface area contributed by atoms with Gasteiger partial charge in [-0.1, -0.05) is 62.3 Å². The van der Waals surface area contributed by atoms with Crippen LogP contribution in [0, 0.1) is 0 Å².